The summed E-state index contributed by atoms with van der Waals surface area (Å²) in [6.07, 6.45) is 1.71. The van der Waals surface area contributed by atoms with E-state index < -0.39 is 0 Å². The Bertz CT molecular complexity index is 972. The number of aromatic nitrogens is 2. The Labute approximate surface area is 176 Å². The first-order valence-corrected chi connectivity index (χ1v) is 10.1. The molecule has 0 aliphatic rings. The standard InChI is InChI=1S/C19H18Cl2N4O2S/c1-12(26)23-15(16-6-3-9-28-16)10-18(27)24-17-7-8-22-25(17)11-13-4-2-5-14(20)19(13)21/h2-9,15H,10-11H2,1H3,(H,23,26)(H,24,27)/t15-/m1/s1. The number of hydrogen-bond acceptors (Lipinski definition) is 4. The first-order chi connectivity index (χ1) is 13.4. The molecule has 0 fully saturated rings. The highest BCUT2D eigenvalue weighted by Gasteiger charge is 2.19. The Hall–Kier alpha value is -2.35. The maximum atomic E-state index is 12.6. The molecular formula is C19H18Cl2N4O2S. The number of benzene rings is 1. The minimum absolute atomic E-state index is 0.114. The lowest BCUT2D eigenvalue weighted by Crippen LogP contribution is -2.29. The monoisotopic (exact) mass is 436 g/mol. The average Bonchev–Trinajstić information content (AvgIpc) is 3.30. The molecule has 6 nitrogen and oxygen atoms in total. The molecule has 0 saturated carbocycles. The van der Waals surface area contributed by atoms with Gasteiger partial charge in [0.15, 0.2) is 0 Å². The van der Waals surface area contributed by atoms with Crippen LogP contribution in [0.3, 0.4) is 0 Å². The highest BCUT2D eigenvalue weighted by molar-refractivity contribution is 7.10. The zero-order valence-electron chi connectivity index (χ0n) is 15.0. The molecule has 1 aromatic carbocycles. The number of rotatable bonds is 7. The highest BCUT2D eigenvalue weighted by Crippen LogP contribution is 2.27. The third-order valence-electron chi connectivity index (χ3n) is 3.99. The van der Waals surface area contributed by atoms with E-state index in [1.165, 1.54) is 18.3 Å². The summed E-state index contributed by atoms with van der Waals surface area (Å²) in [4.78, 5) is 25.0. The number of amides is 2. The summed E-state index contributed by atoms with van der Waals surface area (Å²) in [6, 6.07) is 10.5. The van der Waals surface area contributed by atoms with Crippen molar-refractivity contribution in [3.05, 3.63) is 68.5 Å². The zero-order valence-corrected chi connectivity index (χ0v) is 17.3. The van der Waals surface area contributed by atoms with Crippen molar-refractivity contribution in [1.82, 2.24) is 15.1 Å². The van der Waals surface area contributed by atoms with E-state index in [-0.39, 0.29) is 24.3 Å². The van der Waals surface area contributed by atoms with Crippen molar-refractivity contribution in [3.8, 4) is 0 Å². The molecule has 28 heavy (non-hydrogen) atoms. The molecule has 2 aromatic heterocycles. The molecule has 9 heteroatoms. The number of carbonyl (C=O) groups excluding carboxylic acids is 2. The van der Waals surface area contributed by atoms with Gasteiger partial charge in [0.05, 0.1) is 35.2 Å². The molecule has 3 aromatic rings. The van der Waals surface area contributed by atoms with E-state index in [2.05, 4.69) is 15.7 Å². The molecule has 2 N–H and O–H groups in total. The molecule has 0 aliphatic carbocycles. The Morgan fingerprint density at radius 3 is 2.75 bits per heavy atom. The summed E-state index contributed by atoms with van der Waals surface area (Å²) in [5.74, 6) is 0.117. The van der Waals surface area contributed by atoms with Crippen LogP contribution in [0.4, 0.5) is 5.82 Å². The quantitative estimate of drug-likeness (QED) is 0.571. The van der Waals surface area contributed by atoms with Crippen LogP contribution >= 0.6 is 34.5 Å². The van der Waals surface area contributed by atoms with Gasteiger partial charge in [-0.1, -0.05) is 41.4 Å². The average molecular weight is 437 g/mol. The molecule has 0 bridgehead atoms. The predicted octanol–water partition coefficient (Wildman–Crippen LogP) is 4.51. The summed E-state index contributed by atoms with van der Waals surface area (Å²) >= 11 is 13.8. The Morgan fingerprint density at radius 2 is 2.04 bits per heavy atom. The number of hydrogen-bond donors (Lipinski definition) is 2. The SMILES string of the molecule is CC(=O)N[C@H](CC(=O)Nc1ccnn1Cc1cccc(Cl)c1Cl)c1cccs1. The summed E-state index contributed by atoms with van der Waals surface area (Å²) in [5.41, 5.74) is 0.795. The molecule has 2 amide bonds. The Kier molecular flexibility index (Phi) is 6.72. The van der Waals surface area contributed by atoms with Crippen LogP contribution in [0.1, 0.15) is 29.8 Å². The smallest absolute Gasteiger partial charge is 0.227 e. The van der Waals surface area contributed by atoms with Gasteiger partial charge in [-0.3, -0.25) is 9.59 Å². The number of halogens is 2. The van der Waals surface area contributed by atoms with Crippen LogP contribution in [0.15, 0.2) is 48.0 Å². The molecule has 0 unspecified atom stereocenters. The van der Waals surface area contributed by atoms with Crippen molar-refractivity contribution >= 4 is 52.2 Å². The summed E-state index contributed by atoms with van der Waals surface area (Å²) in [5, 5.41) is 12.7. The maximum absolute atomic E-state index is 12.6. The number of anilines is 1. The number of carbonyl (C=O) groups is 2. The third-order valence-corrected chi connectivity index (χ3v) is 5.83. The van der Waals surface area contributed by atoms with Crippen LogP contribution in [-0.2, 0) is 16.1 Å². The van der Waals surface area contributed by atoms with E-state index in [1.807, 2.05) is 29.6 Å². The normalized spacial score (nSPS) is 11.8. The molecule has 2 heterocycles. The van der Waals surface area contributed by atoms with E-state index in [4.69, 9.17) is 23.2 Å². The summed E-state index contributed by atoms with van der Waals surface area (Å²) < 4.78 is 1.63. The van der Waals surface area contributed by atoms with Crippen molar-refractivity contribution in [1.29, 1.82) is 0 Å². The van der Waals surface area contributed by atoms with Crippen LogP contribution in [0.25, 0.3) is 0 Å². The van der Waals surface area contributed by atoms with Gasteiger partial charge in [-0.2, -0.15) is 5.10 Å². The Balaban J connectivity index is 1.70. The predicted molar refractivity (Wildman–Crippen MR) is 112 cm³/mol. The fourth-order valence-corrected chi connectivity index (χ4v) is 3.89. The number of nitrogens with zero attached hydrogens (tertiary/aromatic N) is 2. The van der Waals surface area contributed by atoms with E-state index in [0.717, 1.165) is 10.4 Å². The second-order valence-electron chi connectivity index (χ2n) is 6.11. The molecule has 1 atom stereocenters. The van der Waals surface area contributed by atoms with Crippen LogP contribution in [0, 0.1) is 0 Å². The molecule has 146 valence electrons. The molecule has 0 saturated heterocycles. The second-order valence-corrected chi connectivity index (χ2v) is 7.87. The van der Waals surface area contributed by atoms with Crippen LogP contribution in [-0.4, -0.2) is 21.6 Å². The lowest BCUT2D eigenvalue weighted by atomic mass is 10.1. The van der Waals surface area contributed by atoms with Crippen molar-refractivity contribution in [2.24, 2.45) is 0 Å². The maximum Gasteiger partial charge on any atom is 0.227 e. The molecular weight excluding hydrogens is 419 g/mol. The van der Waals surface area contributed by atoms with E-state index >= 15 is 0 Å². The highest BCUT2D eigenvalue weighted by atomic mass is 35.5. The molecule has 0 aliphatic heterocycles. The van der Waals surface area contributed by atoms with Crippen LogP contribution < -0.4 is 10.6 Å². The van der Waals surface area contributed by atoms with Gasteiger partial charge < -0.3 is 10.6 Å². The van der Waals surface area contributed by atoms with Gasteiger partial charge in [0.2, 0.25) is 11.8 Å². The summed E-state index contributed by atoms with van der Waals surface area (Å²) in [7, 11) is 0. The number of thiophene rings is 1. The summed E-state index contributed by atoms with van der Waals surface area (Å²) in [6.45, 7) is 1.80. The lowest BCUT2D eigenvalue weighted by molar-refractivity contribution is -0.120. The Morgan fingerprint density at radius 1 is 1.21 bits per heavy atom. The topological polar surface area (TPSA) is 76.0 Å². The van der Waals surface area contributed by atoms with Crippen molar-refractivity contribution in [3.63, 3.8) is 0 Å². The third kappa shape index (κ3) is 5.13. The minimum Gasteiger partial charge on any atom is -0.348 e. The fraction of sp³-hybridized carbons (Fsp3) is 0.211. The van der Waals surface area contributed by atoms with Gasteiger partial charge in [-0.05, 0) is 23.1 Å². The molecule has 0 radical (unpaired) electrons. The molecule has 3 rings (SSSR count). The first kappa shape index (κ1) is 20.4. The minimum atomic E-state index is -0.378. The van der Waals surface area contributed by atoms with Gasteiger partial charge in [-0.25, -0.2) is 4.68 Å². The van der Waals surface area contributed by atoms with Gasteiger partial charge in [-0.15, -0.1) is 11.3 Å². The molecule has 0 spiro atoms. The van der Waals surface area contributed by atoms with Crippen molar-refractivity contribution in [2.45, 2.75) is 25.9 Å². The van der Waals surface area contributed by atoms with Gasteiger partial charge >= 0.3 is 0 Å². The van der Waals surface area contributed by atoms with Crippen LogP contribution in [0.2, 0.25) is 10.0 Å². The van der Waals surface area contributed by atoms with E-state index in [1.54, 1.807) is 23.0 Å². The first-order valence-electron chi connectivity index (χ1n) is 8.49. The van der Waals surface area contributed by atoms with E-state index in [9.17, 15) is 9.59 Å². The van der Waals surface area contributed by atoms with Crippen molar-refractivity contribution < 1.29 is 9.59 Å². The largest absolute Gasteiger partial charge is 0.348 e. The van der Waals surface area contributed by atoms with Gasteiger partial charge in [0.1, 0.15) is 5.82 Å². The van der Waals surface area contributed by atoms with Crippen molar-refractivity contribution in [2.75, 3.05) is 5.32 Å². The van der Waals surface area contributed by atoms with E-state index in [0.29, 0.717) is 22.4 Å². The second kappa shape index (κ2) is 9.23. The van der Waals surface area contributed by atoms with Crippen LogP contribution in [0.5, 0.6) is 0 Å². The lowest BCUT2D eigenvalue weighted by Gasteiger charge is -2.16. The van der Waals surface area contributed by atoms with Gasteiger partial charge in [0.25, 0.3) is 0 Å². The zero-order chi connectivity index (χ0) is 20.1. The fourth-order valence-electron chi connectivity index (χ4n) is 2.73. The number of nitrogens with one attached hydrogen (secondary N) is 2. The van der Waals surface area contributed by atoms with Gasteiger partial charge in [0, 0.05) is 17.9 Å².